The number of rotatable bonds is 12. The highest BCUT2D eigenvalue weighted by Gasteiger charge is 2.29. The quantitative estimate of drug-likeness (QED) is 0.180. The van der Waals surface area contributed by atoms with Crippen molar-refractivity contribution < 1.29 is 24.3 Å². The molecule has 166 valence electrons. The monoisotopic (exact) mass is 474 g/mol. The summed E-state index contributed by atoms with van der Waals surface area (Å²) in [7, 11) is 0. The fraction of sp³-hybridized carbons (Fsp3) is 0.444. The molecule has 0 saturated carbocycles. The Hall–Kier alpha value is -1.89. The van der Waals surface area contributed by atoms with Gasteiger partial charge in [-0.3, -0.25) is 14.4 Å². The number of carboxylic acids is 1. The number of hydrogen-bond donors (Lipinski definition) is 8. The van der Waals surface area contributed by atoms with Crippen LogP contribution in [0, 0.1) is 0 Å². The highest BCUT2D eigenvalue weighted by Crippen LogP contribution is 2.04. The minimum atomic E-state index is -1.21. The topological polar surface area (TPSA) is 151 Å². The van der Waals surface area contributed by atoms with Crippen molar-refractivity contribution in [2.75, 3.05) is 17.3 Å². The Balaban J connectivity index is 2.76. The Kier molecular flexibility index (Phi) is 11.7. The van der Waals surface area contributed by atoms with Crippen molar-refractivity contribution in [2.45, 2.75) is 30.6 Å². The lowest BCUT2D eigenvalue weighted by molar-refractivity contribution is -0.142. The van der Waals surface area contributed by atoms with Crippen LogP contribution >= 0.6 is 37.9 Å². The maximum absolute atomic E-state index is 12.5. The summed E-state index contributed by atoms with van der Waals surface area (Å²) in [4.78, 5) is 48.4. The number of benzene rings is 1. The molecule has 0 bridgehead atoms. The van der Waals surface area contributed by atoms with Gasteiger partial charge in [0.15, 0.2) is 0 Å². The van der Waals surface area contributed by atoms with Gasteiger partial charge >= 0.3 is 5.97 Å². The summed E-state index contributed by atoms with van der Waals surface area (Å²) >= 11 is 12.0. The largest absolute Gasteiger partial charge is 0.480 e. The van der Waals surface area contributed by atoms with E-state index in [0.717, 1.165) is 5.56 Å². The molecule has 3 amide bonds. The molecule has 9 nitrogen and oxygen atoms in total. The number of carbonyl (C=O) groups excluding carboxylic acids is 3. The molecule has 0 aliphatic rings. The van der Waals surface area contributed by atoms with Crippen molar-refractivity contribution >= 4 is 61.6 Å². The third-order valence-corrected chi connectivity index (χ3v) is 5.19. The van der Waals surface area contributed by atoms with E-state index < -0.39 is 47.9 Å². The number of thiol groups is 3. The molecule has 12 heteroatoms. The summed E-state index contributed by atoms with van der Waals surface area (Å²) < 4.78 is 0. The second-order valence-corrected chi connectivity index (χ2v) is 7.46. The van der Waals surface area contributed by atoms with Gasteiger partial charge in [-0.1, -0.05) is 30.3 Å². The lowest BCUT2D eigenvalue weighted by Crippen LogP contribution is -2.58. The van der Waals surface area contributed by atoms with Crippen LogP contribution < -0.4 is 21.7 Å². The predicted octanol–water partition coefficient (Wildman–Crippen LogP) is -1.12. The average Bonchev–Trinajstić information content (AvgIpc) is 2.74. The van der Waals surface area contributed by atoms with E-state index in [9.17, 15) is 24.3 Å². The van der Waals surface area contributed by atoms with Crippen LogP contribution in [0.2, 0.25) is 0 Å². The van der Waals surface area contributed by atoms with Gasteiger partial charge in [0.2, 0.25) is 17.7 Å². The second-order valence-electron chi connectivity index (χ2n) is 6.37. The molecule has 0 aromatic heterocycles. The van der Waals surface area contributed by atoms with Crippen LogP contribution in [0.15, 0.2) is 30.3 Å². The first-order chi connectivity index (χ1) is 14.2. The van der Waals surface area contributed by atoms with Crippen LogP contribution in [0.1, 0.15) is 5.56 Å². The minimum absolute atomic E-state index is 0.0382. The summed E-state index contributed by atoms with van der Waals surface area (Å²) in [5, 5.41) is 16.7. The molecule has 0 aliphatic carbocycles. The molecule has 1 rings (SSSR count). The summed E-state index contributed by atoms with van der Waals surface area (Å²) in [6, 6.07) is 4.57. The molecule has 4 atom stereocenters. The van der Waals surface area contributed by atoms with Crippen molar-refractivity contribution in [3.8, 4) is 0 Å². The maximum Gasteiger partial charge on any atom is 0.326 e. The number of aliphatic carboxylic acids is 1. The summed E-state index contributed by atoms with van der Waals surface area (Å²) in [6.07, 6.45) is 0.0755. The van der Waals surface area contributed by atoms with Crippen LogP contribution in [-0.2, 0) is 25.6 Å². The molecule has 0 saturated heterocycles. The van der Waals surface area contributed by atoms with Crippen LogP contribution in [0.25, 0.3) is 0 Å². The molecule has 1 aromatic carbocycles. The van der Waals surface area contributed by atoms with E-state index in [0.29, 0.717) is 0 Å². The van der Waals surface area contributed by atoms with E-state index in [-0.39, 0.29) is 23.7 Å². The number of carboxylic acid groups (broad SMARTS) is 1. The first-order valence-electron chi connectivity index (χ1n) is 8.99. The maximum atomic E-state index is 12.5. The second kappa shape index (κ2) is 13.4. The molecule has 0 spiro atoms. The zero-order valence-electron chi connectivity index (χ0n) is 16.0. The first-order valence-corrected chi connectivity index (χ1v) is 10.9. The van der Waals surface area contributed by atoms with Crippen molar-refractivity contribution in [1.29, 1.82) is 0 Å². The van der Waals surface area contributed by atoms with Gasteiger partial charge in [-0.05, 0) is 5.56 Å². The van der Waals surface area contributed by atoms with E-state index in [1.165, 1.54) is 0 Å². The average molecular weight is 475 g/mol. The molecule has 0 radical (unpaired) electrons. The van der Waals surface area contributed by atoms with Crippen LogP contribution in [-0.4, -0.2) is 70.2 Å². The van der Waals surface area contributed by atoms with Crippen molar-refractivity contribution in [3.63, 3.8) is 0 Å². The Labute approximate surface area is 191 Å². The van der Waals surface area contributed by atoms with Crippen LogP contribution in [0.3, 0.4) is 0 Å². The van der Waals surface area contributed by atoms with E-state index in [4.69, 9.17) is 5.73 Å². The fourth-order valence-corrected chi connectivity index (χ4v) is 3.02. The summed E-state index contributed by atoms with van der Waals surface area (Å²) in [5.41, 5.74) is 6.30. The van der Waals surface area contributed by atoms with Gasteiger partial charge in [-0.15, -0.1) is 0 Å². The normalized spacial score (nSPS) is 14.7. The predicted molar refractivity (Wildman–Crippen MR) is 123 cm³/mol. The number of amides is 3. The number of nitrogens with one attached hydrogen (secondary N) is 3. The Morgan fingerprint density at radius 3 is 1.70 bits per heavy atom. The highest BCUT2D eigenvalue weighted by atomic mass is 32.1. The van der Waals surface area contributed by atoms with E-state index in [1.54, 1.807) is 30.3 Å². The van der Waals surface area contributed by atoms with Gasteiger partial charge < -0.3 is 26.8 Å². The Morgan fingerprint density at radius 2 is 1.27 bits per heavy atom. The molecule has 30 heavy (non-hydrogen) atoms. The van der Waals surface area contributed by atoms with E-state index in [2.05, 4.69) is 53.8 Å². The molecule has 0 heterocycles. The van der Waals surface area contributed by atoms with Crippen molar-refractivity contribution in [3.05, 3.63) is 35.9 Å². The van der Waals surface area contributed by atoms with E-state index in [1.807, 2.05) is 0 Å². The van der Waals surface area contributed by atoms with Gasteiger partial charge in [0, 0.05) is 23.7 Å². The first kappa shape index (κ1) is 26.1. The van der Waals surface area contributed by atoms with E-state index >= 15 is 0 Å². The molecule has 0 fully saturated rings. The third-order valence-electron chi connectivity index (χ3n) is 4.06. The van der Waals surface area contributed by atoms with Gasteiger partial charge in [0.05, 0.1) is 6.04 Å². The van der Waals surface area contributed by atoms with Gasteiger partial charge in [-0.2, -0.15) is 37.9 Å². The van der Waals surface area contributed by atoms with Gasteiger partial charge in [0.1, 0.15) is 18.1 Å². The Bertz CT molecular complexity index is 738. The molecular weight excluding hydrogens is 448 g/mol. The molecular formula is C18H26N4O5S3. The van der Waals surface area contributed by atoms with Crippen LogP contribution in [0.5, 0.6) is 0 Å². The third kappa shape index (κ3) is 8.46. The highest BCUT2D eigenvalue weighted by molar-refractivity contribution is 7.80. The summed E-state index contributed by atoms with van der Waals surface area (Å²) in [5.74, 6) is -3.21. The summed E-state index contributed by atoms with van der Waals surface area (Å²) in [6.45, 7) is 0. The molecule has 6 N–H and O–H groups in total. The number of carbonyl (C=O) groups is 4. The molecule has 4 unspecified atom stereocenters. The molecule has 0 aliphatic heterocycles. The zero-order valence-corrected chi connectivity index (χ0v) is 18.7. The lowest BCUT2D eigenvalue weighted by Gasteiger charge is -2.23. The fourth-order valence-electron chi connectivity index (χ4n) is 2.34. The van der Waals surface area contributed by atoms with Crippen molar-refractivity contribution in [2.24, 2.45) is 5.73 Å². The number of hydrogen-bond acceptors (Lipinski definition) is 8. The zero-order chi connectivity index (χ0) is 22.7. The Morgan fingerprint density at radius 1 is 0.800 bits per heavy atom. The van der Waals surface area contributed by atoms with Gasteiger partial charge in [0.25, 0.3) is 0 Å². The molecule has 1 aromatic rings. The lowest BCUT2D eigenvalue weighted by atomic mass is 10.1. The standard InChI is InChI=1S/C18H26N4O5S3/c19-11(7-28)15(23)21-13(8-29)17(25)22-14(9-30)16(24)20-12(18(26)27)6-10-4-2-1-3-5-10/h1-5,11-14,28-30H,6-9,19H2,(H,20,24)(H,21,23)(H,22,25)(H,26,27). The van der Waals surface area contributed by atoms with Crippen LogP contribution in [0.4, 0.5) is 0 Å². The minimum Gasteiger partial charge on any atom is -0.480 e. The number of nitrogens with two attached hydrogens (primary N) is 1. The smallest absolute Gasteiger partial charge is 0.326 e. The van der Waals surface area contributed by atoms with Crippen molar-refractivity contribution in [1.82, 2.24) is 16.0 Å². The van der Waals surface area contributed by atoms with Gasteiger partial charge in [-0.25, -0.2) is 4.79 Å². The SMILES string of the molecule is NC(CS)C(=O)NC(CS)C(=O)NC(CS)C(=O)NC(Cc1ccccc1)C(=O)O.